The lowest BCUT2D eigenvalue weighted by Gasteiger charge is -2.54. The molecule has 28 heavy (non-hydrogen) atoms. The third-order valence-electron chi connectivity index (χ3n) is 6.50. The predicted octanol–water partition coefficient (Wildman–Crippen LogP) is 3.34. The number of carbonyl (C=O) groups is 2. The van der Waals surface area contributed by atoms with E-state index in [9.17, 15) is 22.8 Å². The number of hydrogen-bond donors (Lipinski definition) is 1. The van der Waals surface area contributed by atoms with Crippen LogP contribution in [0.2, 0.25) is 0 Å². The molecule has 1 N–H and O–H groups in total. The average Bonchev–Trinajstić information content (AvgIpc) is 2.94. The number of benzene rings is 1. The van der Waals surface area contributed by atoms with Crippen molar-refractivity contribution in [3.05, 3.63) is 29.8 Å². The minimum atomic E-state index is -4.20. The molecule has 3 amide bonds. The number of nitrogens with one attached hydrogen (secondary N) is 1. The largest absolute Gasteiger partial charge is 0.392 e. The van der Waals surface area contributed by atoms with Crippen LogP contribution in [0.25, 0.3) is 0 Å². The van der Waals surface area contributed by atoms with Crippen molar-refractivity contribution in [1.82, 2.24) is 10.2 Å². The summed E-state index contributed by atoms with van der Waals surface area (Å²) in [7, 11) is 0. The van der Waals surface area contributed by atoms with Gasteiger partial charge in [0.05, 0.1) is 12.3 Å². The quantitative estimate of drug-likeness (QED) is 0.854. The van der Waals surface area contributed by atoms with E-state index in [1.165, 1.54) is 4.90 Å². The van der Waals surface area contributed by atoms with E-state index in [0.29, 0.717) is 25.8 Å². The Hall–Kier alpha value is -2.25. The van der Waals surface area contributed by atoms with Gasteiger partial charge in [-0.25, -0.2) is 4.79 Å². The third kappa shape index (κ3) is 3.33. The van der Waals surface area contributed by atoms with Gasteiger partial charge in [-0.15, -0.1) is 0 Å². The molecule has 3 aliphatic rings. The number of para-hydroxylation sites is 1. The lowest BCUT2D eigenvalue weighted by atomic mass is 9.58. The number of nitrogens with zero attached hydrogens (tertiary/aromatic N) is 2. The van der Waals surface area contributed by atoms with Gasteiger partial charge in [0.2, 0.25) is 5.91 Å². The van der Waals surface area contributed by atoms with E-state index < -0.39 is 17.5 Å². The number of rotatable bonds is 3. The number of anilines is 1. The predicted molar refractivity (Wildman–Crippen MR) is 97.9 cm³/mol. The van der Waals surface area contributed by atoms with Gasteiger partial charge in [-0.2, -0.15) is 13.2 Å². The second-order valence-electron chi connectivity index (χ2n) is 8.10. The molecule has 1 atom stereocenters. The monoisotopic (exact) mass is 395 g/mol. The molecule has 2 aliphatic heterocycles. The number of amides is 3. The number of likely N-dealkylation sites (tertiary alicyclic amines) is 1. The molecule has 4 rings (SSSR count). The Bertz CT molecular complexity index is 776. The van der Waals surface area contributed by atoms with Crippen molar-refractivity contribution in [3.63, 3.8) is 0 Å². The highest BCUT2D eigenvalue weighted by molar-refractivity contribution is 6.01. The van der Waals surface area contributed by atoms with Gasteiger partial charge >= 0.3 is 12.2 Å². The maximum atomic E-state index is 13.4. The molecule has 0 aromatic heterocycles. The van der Waals surface area contributed by atoms with Gasteiger partial charge in [-0.1, -0.05) is 24.6 Å². The highest BCUT2D eigenvalue weighted by Gasteiger charge is 2.58. The number of piperidine rings is 1. The summed E-state index contributed by atoms with van der Waals surface area (Å²) >= 11 is 0. The third-order valence-corrected chi connectivity index (χ3v) is 6.50. The van der Waals surface area contributed by atoms with Crippen LogP contribution in [-0.4, -0.2) is 49.2 Å². The number of carbonyl (C=O) groups excluding carboxylic acids is 2. The van der Waals surface area contributed by atoms with Crippen molar-refractivity contribution in [2.75, 3.05) is 31.1 Å². The standard InChI is InChI=1S/C20H24F3N3O2/c21-20(22,23)16-6-10-25(13-19(16)7-3-8-19)18(28)24-9-11-26-15-5-2-1-4-14(15)12-17(26)27/h1-2,4-5,16H,3,6-13H2,(H,24,28). The topological polar surface area (TPSA) is 52.7 Å². The van der Waals surface area contributed by atoms with E-state index in [2.05, 4.69) is 5.32 Å². The van der Waals surface area contributed by atoms with Crippen molar-refractivity contribution in [3.8, 4) is 0 Å². The smallest absolute Gasteiger partial charge is 0.336 e. The Morgan fingerprint density at radius 1 is 1.25 bits per heavy atom. The van der Waals surface area contributed by atoms with E-state index in [1.807, 2.05) is 24.3 Å². The normalized spacial score (nSPS) is 23.5. The summed E-state index contributed by atoms with van der Waals surface area (Å²) in [6.07, 6.45) is -2.03. The first-order valence-electron chi connectivity index (χ1n) is 9.78. The first-order valence-corrected chi connectivity index (χ1v) is 9.78. The van der Waals surface area contributed by atoms with E-state index in [1.54, 1.807) is 4.90 Å². The summed E-state index contributed by atoms with van der Waals surface area (Å²) in [5.41, 5.74) is 1.03. The van der Waals surface area contributed by atoms with Crippen molar-refractivity contribution < 1.29 is 22.8 Å². The van der Waals surface area contributed by atoms with Gasteiger partial charge < -0.3 is 15.1 Å². The van der Waals surface area contributed by atoms with Gasteiger partial charge in [0, 0.05) is 31.9 Å². The van der Waals surface area contributed by atoms with Crippen LogP contribution in [0.4, 0.5) is 23.7 Å². The molecular formula is C20H24F3N3O2. The average molecular weight is 395 g/mol. The van der Waals surface area contributed by atoms with Crippen LogP contribution in [0, 0.1) is 11.3 Å². The number of fused-ring (bicyclic) bond motifs is 1. The fraction of sp³-hybridized carbons (Fsp3) is 0.600. The first-order chi connectivity index (χ1) is 13.3. The fourth-order valence-corrected chi connectivity index (χ4v) is 4.93. The second kappa shape index (κ2) is 6.97. The van der Waals surface area contributed by atoms with Crippen LogP contribution in [0.15, 0.2) is 24.3 Å². The molecule has 8 heteroatoms. The van der Waals surface area contributed by atoms with Crippen molar-refractivity contribution in [2.24, 2.45) is 11.3 Å². The fourth-order valence-electron chi connectivity index (χ4n) is 4.93. The molecule has 1 aromatic carbocycles. The van der Waals surface area contributed by atoms with E-state index >= 15 is 0 Å². The Morgan fingerprint density at radius 3 is 2.68 bits per heavy atom. The molecule has 0 bridgehead atoms. The molecule has 1 saturated carbocycles. The maximum Gasteiger partial charge on any atom is 0.392 e. The highest BCUT2D eigenvalue weighted by atomic mass is 19.4. The summed E-state index contributed by atoms with van der Waals surface area (Å²) in [4.78, 5) is 27.8. The number of hydrogen-bond acceptors (Lipinski definition) is 2. The Labute approximate surface area is 161 Å². The first kappa shape index (κ1) is 19.1. The van der Waals surface area contributed by atoms with Gasteiger partial charge in [0.1, 0.15) is 0 Å². The summed E-state index contributed by atoms with van der Waals surface area (Å²) in [6.45, 7) is 0.897. The van der Waals surface area contributed by atoms with Gasteiger partial charge in [-0.3, -0.25) is 4.79 Å². The van der Waals surface area contributed by atoms with Crippen molar-refractivity contribution in [1.29, 1.82) is 0 Å². The summed E-state index contributed by atoms with van der Waals surface area (Å²) in [5.74, 6) is -1.31. The van der Waals surface area contributed by atoms with E-state index in [-0.39, 0.29) is 38.0 Å². The van der Waals surface area contributed by atoms with E-state index in [4.69, 9.17) is 0 Å². The van der Waals surface area contributed by atoms with Crippen LogP contribution in [0.5, 0.6) is 0 Å². The molecular weight excluding hydrogens is 371 g/mol. The number of urea groups is 1. The molecule has 2 heterocycles. The number of alkyl halides is 3. The van der Waals surface area contributed by atoms with E-state index in [0.717, 1.165) is 17.7 Å². The zero-order valence-corrected chi connectivity index (χ0v) is 15.6. The Kier molecular flexibility index (Phi) is 4.75. The van der Waals surface area contributed by atoms with Gasteiger partial charge in [0.15, 0.2) is 0 Å². The van der Waals surface area contributed by atoms with Gasteiger partial charge in [0.25, 0.3) is 0 Å². The Balaban J connectivity index is 1.32. The molecule has 2 fully saturated rings. The van der Waals surface area contributed by atoms with Crippen LogP contribution >= 0.6 is 0 Å². The molecule has 152 valence electrons. The second-order valence-corrected chi connectivity index (χ2v) is 8.10. The van der Waals surface area contributed by atoms with Crippen LogP contribution in [0.1, 0.15) is 31.2 Å². The summed E-state index contributed by atoms with van der Waals surface area (Å²) in [6, 6.07) is 7.20. The minimum Gasteiger partial charge on any atom is -0.336 e. The summed E-state index contributed by atoms with van der Waals surface area (Å²) in [5, 5.41) is 2.78. The zero-order chi connectivity index (χ0) is 19.9. The van der Waals surface area contributed by atoms with Gasteiger partial charge in [-0.05, 0) is 36.3 Å². The summed E-state index contributed by atoms with van der Waals surface area (Å²) < 4.78 is 40.1. The molecule has 1 aliphatic carbocycles. The van der Waals surface area contributed by atoms with Crippen molar-refractivity contribution in [2.45, 2.75) is 38.3 Å². The molecule has 1 spiro atoms. The van der Waals surface area contributed by atoms with Crippen LogP contribution in [-0.2, 0) is 11.2 Å². The highest BCUT2D eigenvalue weighted by Crippen LogP contribution is 2.56. The zero-order valence-electron chi connectivity index (χ0n) is 15.6. The lowest BCUT2D eigenvalue weighted by molar-refractivity contribution is -0.235. The maximum absolute atomic E-state index is 13.4. The molecule has 1 saturated heterocycles. The Morgan fingerprint density at radius 2 is 2.00 bits per heavy atom. The van der Waals surface area contributed by atoms with Crippen LogP contribution < -0.4 is 10.2 Å². The molecule has 1 unspecified atom stereocenters. The lowest BCUT2D eigenvalue weighted by Crippen LogP contribution is -2.59. The SMILES string of the molecule is O=C(NCCN1C(=O)Cc2ccccc21)N1CCC(C(F)(F)F)C2(CCC2)C1. The molecule has 0 radical (unpaired) electrons. The van der Waals surface area contributed by atoms with Crippen molar-refractivity contribution >= 4 is 17.6 Å². The molecule has 5 nitrogen and oxygen atoms in total. The molecule has 1 aromatic rings. The minimum absolute atomic E-state index is 0.00476. The van der Waals surface area contributed by atoms with Crippen LogP contribution in [0.3, 0.4) is 0 Å². The number of halogens is 3.